The summed E-state index contributed by atoms with van der Waals surface area (Å²) in [5.74, 6) is -3.26. The van der Waals surface area contributed by atoms with Crippen molar-refractivity contribution in [3.8, 4) is 0 Å². The van der Waals surface area contributed by atoms with Crippen molar-refractivity contribution in [2.24, 2.45) is 10.9 Å². The Morgan fingerprint density at radius 1 is 1.15 bits per heavy atom. The second-order valence-electron chi connectivity index (χ2n) is 5.63. The summed E-state index contributed by atoms with van der Waals surface area (Å²) in [6.07, 6.45) is 1.21. The molecule has 0 saturated carbocycles. The molecule has 0 radical (unpaired) electrons. The Balaban J connectivity index is 1.90. The minimum Gasteiger partial charge on any atom is -0.276 e. The molecule has 4 amide bonds. The Morgan fingerprint density at radius 2 is 1.85 bits per heavy atom. The molecule has 6 nitrogen and oxygen atoms in total. The molecule has 132 valence electrons. The highest BCUT2D eigenvalue weighted by molar-refractivity contribution is 9.10. The third-order valence-electron chi connectivity index (χ3n) is 3.81. The molecule has 3 rings (SSSR count). The molecule has 26 heavy (non-hydrogen) atoms. The van der Waals surface area contributed by atoms with E-state index >= 15 is 0 Å². The third-order valence-corrected chi connectivity index (χ3v) is 4.30. The highest BCUT2D eigenvalue weighted by Crippen LogP contribution is 2.24. The number of urea groups is 1. The molecule has 1 fully saturated rings. The highest BCUT2D eigenvalue weighted by atomic mass is 79.9. The largest absolute Gasteiger partial charge is 0.335 e. The van der Waals surface area contributed by atoms with Crippen molar-refractivity contribution in [2.45, 2.75) is 6.92 Å². The van der Waals surface area contributed by atoms with Crippen LogP contribution in [0, 0.1) is 18.7 Å². The molecular formula is C18H13BrFN3O3. The number of carbonyl (C=O) groups excluding carboxylic acids is 3. The van der Waals surface area contributed by atoms with E-state index in [1.165, 1.54) is 18.3 Å². The van der Waals surface area contributed by atoms with Crippen molar-refractivity contribution in [3.05, 3.63) is 58.3 Å². The van der Waals surface area contributed by atoms with Gasteiger partial charge in [-0.3, -0.25) is 19.9 Å². The van der Waals surface area contributed by atoms with Crippen LogP contribution in [0.2, 0.25) is 0 Å². The molecule has 0 bridgehead atoms. The number of benzene rings is 2. The van der Waals surface area contributed by atoms with Gasteiger partial charge in [0.1, 0.15) is 5.82 Å². The minimum absolute atomic E-state index is 0.166. The summed E-state index contributed by atoms with van der Waals surface area (Å²) in [5, 5.41) is 2.12. The molecule has 1 aliphatic rings. The van der Waals surface area contributed by atoms with Gasteiger partial charge in [-0.15, -0.1) is 0 Å². The number of halogens is 2. The number of carbonyl (C=O) groups is 3. The topological polar surface area (TPSA) is 78.8 Å². The number of amides is 4. The zero-order chi connectivity index (χ0) is 18.8. The van der Waals surface area contributed by atoms with Gasteiger partial charge in [-0.2, -0.15) is 0 Å². The van der Waals surface area contributed by atoms with Crippen molar-refractivity contribution in [3.63, 3.8) is 0 Å². The van der Waals surface area contributed by atoms with E-state index in [9.17, 15) is 18.8 Å². The molecule has 1 N–H and O–H groups in total. The van der Waals surface area contributed by atoms with Crippen LogP contribution in [-0.4, -0.2) is 24.1 Å². The third kappa shape index (κ3) is 3.55. The smallest absolute Gasteiger partial charge is 0.276 e. The Bertz CT molecular complexity index is 928. The maximum atomic E-state index is 13.1. The van der Waals surface area contributed by atoms with Crippen molar-refractivity contribution in [1.29, 1.82) is 0 Å². The SMILES string of the molecule is Cc1cc(Br)ccc1N=C[C@H]1C(=O)NC(=O)N(c2ccc(F)cc2)C1=O. The first kappa shape index (κ1) is 17.9. The fraction of sp³-hybridized carbons (Fsp3) is 0.111. The van der Waals surface area contributed by atoms with E-state index in [4.69, 9.17) is 0 Å². The van der Waals surface area contributed by atoms with E-state index in [2.05, 4.69) is 26.2 Å². The summed E-state index contributed by atoms with van der Waals surface area (Å²) < 4.78 is 14.0. The molecule has 1 atom stereocenters. The van der Waals surface area contributed by atoms with Crippen molar-refractivity contribution in [2.75, 3.05) is 4.90 Å². The zero-order valence-corrected chi connectivity index (χ0v) is 15.2. The number of aryl methyl sites for hydroxylation is 1. The van der Waals surface area contributed by atoms with Crippen LogP contribution in [0.3, 0.4) is 0 Å². The Labute approximate surface area is 156 Å². The van der Waals surface area contributed by atoms with Gasteiger partial charge in [-0.25, -0.2) is 14.1 Å². The number of rotatable bonds is 3. The molecule has 2 aromatic rings. The van der Waals surface area contributed by atoms with Crippen LogP contribution in [0.25, 0.3) is 0 Å². The van der Waals surface area contributed by atoms with Crippen molar-refractivity contribution in [1.82, 2.24) is 5.32 Å². The number of aliphatic imine (C=N–C) groups is 1. The van der Waals surface area contributed by atoms with Crippen molar-refractivity contribution >= 4 is 51.4 Å². The predicted molar refractivity (Wildman–Crippen MR) is 97.9 cm³/mol. The van der Waals surface area contributed by atoms with E-state index in [0.717, 1.165) is 27.1 Å². The molecule has 1 aliphatic heterocycles. The second kappa shape index (κ2) is 7.17. The predicted octanol–water partition coefficient (Wildman–Crippen LogP) is 3.50. The van der Waals surface area contributed by atoms with Crippen LogP contribution >= 0.6 is 15.9 Å². The van der Waals surface area contributed by atoms with E-state index in [1.807, 2.05) is 13.0 Å². The number of nitrogens with one attached hydrogen (secondary N) is 1. The van der Waals surface area contributed by atoms with Gasteiger partial charge in [0.05, 0.1) is 11.4 Å². The Morgan fingerprint density at radius 3 is 2.50 bits per heavy atom. The first-order chi connectivity index (χ1) is 12.4. The van der Waals surface area contributed by atoms with Gasteiger partial charge in [0, 0.05) is 10.7 Å². The van der Waals surface area contributed by atoms with Gasteiger partial charge in [-0.1, -0.05) is 15.9 Å². The normalized spacial score (nSPS) is 17.7. The van der Waals surface area contributed by atoms with Crippen LogP contribution in [0.15, 0.2) is 51.9 Å². The lowest BCUT2D eigenvalue weighted by atomic mass is 10.1. The number of hydrogen-bond donors (Lipinski definition) is 1. The fourth-order valence-electron chi connectivity index (χ4n) is 2.48. The minimum atomic E-state index is -1.26. The van der Waals surface area contributed by atoms with E-state index in [0.29, 0.717) is 5.69 Å². The standard InChI is InChI=1S/C18H13BrFN3O3/c1-10-8-11(19)2-7-15(10)21-9-14-16(24)22-18(26)23(17(14)25)13-5-3-12(20)4-6-13/h2-9,14H,1H3,(H,22,24,26)/t14-/m0/s1. The molecule has 1 heterocycles. The molecule has 0 aromatic heterocycles. The Kier molecular flexibility index (Phi) is 4.94. The molecule has 0 spiro atoms. The van der Waals surface area contributed by atoms with Gasteiger partial charge < -0.3 is 0 Å². The lowest BCUT2D eigenvalue weighted by Crippen LogP contribution is -2.58. The van der Waals surface area contributed by atoms with Gasteiger partial charge >= 0.3 is 6.03 Å². The number of nitrogens with zero attached hydrogens (tertiary/aromatic N) is 2. The lowest BCUT2D eigenvalue weighted by molar-refractivity contribution is -0.131. The molecule has 1 saturated heterocycles. The molecule has 2 aromatic carbocycles. The maximum Gasteiger partial charge on any atom is 0.335 e. The summed E-state index contributed by atoms with van der Waals surface area (Å²) in [6, 6.07) is 9.33. The summed E-state index contributed by atoms with van der Waals surface area (Å²) >= 11 is 3.35. The van der Waals surface area contributed by atoms with Crippen LogP contribution in [0.1, 0.15) is 5.56 Å². The average Bonchev–Trinajstić information content (AvgIpc) is 2.57. The zero-order valence-electron chi connectivity index (χ0n) is 13.6. The van der Waals surface area contributed by atoms with E-state index in [1.54, 1.807) is 12.1 Å². The first-order valence-corrected chi connectivity index (χ1v) is 8.41. The summed E-state index contributed by atoms with van der Waals surface area (Å²) in [7, 11) is 0. The maximum absolute atomic E-state index is 13.1. The van der Waals surface area contributed by atoms with Gasteiger partial charge in [0.15, 0.2) is 5.92 Å². The molecule has 0 unspecified atom stereocenters. The van der Waals surface area contributed by atoms with Crippen LogP contribution < -0.4 is 10.2 Å². The Hall–Kier alpha value is -2.87. The van der Waals surface area contributed by atoms with E-state index < -0.39 is 29.6 Å². The number of anilines is 1. The summed E-state index contributed by atoms with van der Waals surface area (Å²) in [6.45, 7) is 1.84. The summed E-state index contributed by atoms with van der Waals surface area (Å²) in [5.41, 5.74) is 1.62. The second-order valence-corrected chi connectivity index (χ2v) is 6.55. The number of barbiturate groups is 1. The van der Waals surface area contributed by atoms with Crippen LogP contribution in [0.5, 0.6) is 0 Å². The molecule has 8 heteroatoms. The van der Waals surface area contributed by atoms with Gasteiger partial charge in [-0.05, 0) is 55.0 Å². The number of hydrogen-bond acceptors (Lipinski definition) is 4. The quantitative estimate of drug-likeness (QED) is 0.612. The monoisotopic (exact) mass is 417 g/mol. The first-order valence-electron chi connectivity index (χ1n) is 7.61. The highest BCUT2D eigenvalue weighted by Gasteiger charge is 2.40. The average molecular weight is 418 g/mol. The lowest BCUT2D eigenvalue weighted by Gasteiger charge is -2.28. The van der Waals surface area contributed by atoms with Crippen molar-refractivity contribution < 1.29 is 18.8 Å². The molecule has 0 aliphatic carbocycles. The summed E-state index contributed by atoms with van der Waals surface area (Å²) in [4.78, 5) is 41.8. The van der Waals surface area contributed by atoms with E-state index in [-0.39, 0.29) is 5.69 Å². The van der Waals surface area contributed by atoms with Crippen LogP contribution in [-0.2, 0) is 9.59 Å². The fourth-order valence-corrected chi connectivity index (χ4v) is 2.95. The molecular weight excluding hydrogens is 405 g/mol. The van der Waals surface area contributed by atoms with Gasteiger partial charge in [0.2, 0.25) is 5.91 Å². The number of imide groups is 2. The van der Waals surface area contributed by atoms with Crippen LogP contribution in [0.4, 0.5) is 20.6 Å². The van der Waals surface area contributed by atoms with Gasteiger partial charge in [0.25, 0.3) is 5.91 Å².